The van der Waals surface area contributed by atoms with Crippen molar-refractivity contribution in [1.29, 1.82) is 0 Å². The van der Waals surface area contributed by atoms with Crippen molar-refractivity contribution >= 4 is 5.69 Å². The lowest BCUT2D eigenvalue weighted by Crippen LogP contribution is -2.09. The monoisotopic (exact) mass is 195 g/mol. The Bertz CT molecular complexity index is 265. The molecule has 0 fully saturated rings. The highest BCUT2D eigenvalue weighted by Crippen LogP contribution is 2.19. The fourth-order valence-electron chi connectivity index (χ4n) is 1.10. The molecule has 1 rings (SSSR count). The summed E-state index contributed by atoms with van der Waals surface area (Å²) in [7, 11) is 0. The molecule has 0 saturated carbocycles. The Morgan fingerprint density at radius 1 is 1.57 bits per heavy atom. The molecule has 0 atom stereocenters. The van der Waals surface area contributed by atoms with Gasteiger partial charge in [-0.1, -0.05) is 0 Å². The first-order valence-corrected chi connectivity index (χ1v) is 4.90. The van der Waals surface area contributed by atoms with E-state index in [0.29, 0.717) is 19.0 Å². The Kier molecular flexibility index (Phi) is 4.78. The van der Waals surface area contributed by atoms with E-state index in [1.807, 2.05) is 19.1 Å². The van der Waals surface area contributed by atoms with Crippen LogP contribution < -0.4 is 15.8 Å². The van der Waals surface area contributed by atoms with Crippen molar-refractivity contribution in [1.82, 2.24) is 4.98 Å². The van der Waals surface area contributed by atoms with Crippen molar-refractivity contribution in [2.24, 2.45) is 5.73 Å². The molecule has 0 aliphatic heterocycles. The first-order valence-electron chi connectivity index (χ1n) is 4.90. The van der Waals surface area contributed by atoms with Crippen LogP contribution in [0, 0.1) is 0 Å². The van der Waals surface area contributed by atoms with Gasteiger partial charge in [0, 0.05) is 12.7 Å². The molecule has 4 nitrogen and oxygen atoms in total. The van der Waals surface area contributed by atoms with E-state index in [1.165, 1.54) is 0 Å². The van der Waals surface area contributed by atoms with E-state index in [1.54, 1.807) is 6.20 Å². The van der Waals surface area contributed by atoms with E-state index in [-0.39, 0.29) is 0 Å². The number of rotatable bonds is 6. The van der Waals surface area contributed by atoms with Crippen LogP contribution in [-0.2, 0) is 0 Å². The molecule has 0 unspecified atom stereocenters. The average molecular weight is 195 g/mol. The molecule has 0 spiro atoms. The number of hydrogen-bond donors (Lipinski definition) is 2. The van der Waals surface area contributed by atoms with Gasteiger partial charge < -0.3 is 15.8 Å². The maximum absolute atomic E-state index is 5.40. The lowest BCUT2D eigenvalue weighted by molar-refractivity contribution is 0.328. The summed E-state index contributed by atoms with van der Waals surface area (Å²) in [5, 5.41) is 3.23. The van der Waals surface area contributed by atoms with Gasteiger partial charge in [-0.15, -0.1) is 0 Å². The fourth-order valence-corrected chi connectivity index (χ4v) is 1.10. The third kappa shape index (κ3) is 3.22. The normalized spacial score (nSPS) is 9.86. The van der Waals surface area contributed by atoms with Crippen LogP contribution >= 0.6 is 0 Å². The first-order chi connectivity index (χ1) is 6.88. The summed E-state index contributed by atoms with van der Waals surface area (Å²) < 4.78 is 5.36. The number of anilines is 1. The number of nitrogens with zero attached hydrogens (tertiary/aromatic N) is 1. The van der Waals surface area contributed by atoms with Gasteiger partial charge in [-0.3, -0.25) is 0 Å². The van der Waals surface area contributed by atoms with E-state index in [0.717, 1.165) is 18.7 Å². The molecule has 0 aromatic carbocycles. The molecule has 0 aliphatic rings. The van der Waals surface area contributed by atoms with Gasteiger partial charge in [0.1, 0.15) is 0 Å². The van der Waals surface area contributed by atoms with Gasteiger partial charge in [-0.2, -0.15) is 0 Å². The Labute approximate surface area is 84.5 Å². The van der Waals surface area contributed by atoms with E-state index < -0.39 is 0 Å². The predicted octanol–water partition coefficient (Wildman–Crippen LogP) is 1.24. The van der Waals surface area contributed by atoms with Crippen LogP contribution in [0.5, 0.6) is 5.88 Å². The third-order valence-electron chi connectivity index (χ3n) is 1.75. The van der Waals surface area contributed by atoms with E-state index in [4.69, 9.17) is 10.5 Å². The fraction of sp³-hybridized carbons (Fsp3) is 0.500. The zero-order chi connectivity index (χ0) is 10.2. The van der Waals surface area contributed by atoms with Gasteiger partial charge >= 0.3 is 0 Å². The van der Waals surface area contributed by atoms with Crippen molar-refractivity contribution in [3.05, 3.63) is 18.3 Å². The minimum absolute atomic E-state index is 0.628. The highest BCUT2D eigenvalue weighted by molar-refractivity contribution is 5.51. The molecule has 0 saturated heterocycles. The van der Waals surface area contributed by atoms with Crippen molar-refractivity contribution in [2.75, 3.05) is 25.0 Å². The van der Waals surface area contributed by atoms with E-state index in [2.05, 4.69) is 10.3 Å². The van der Waals surface area contributed by atoms with Crippen LogP contribution in [-0.4, -0.2) is 24.7 Å². The van der Waals surface area contributed by atoms with Crippen molar-refractivity contribution in [3.8, 4) is 5.88 Å². The maximum atomic E-state index is 5.40. The first kappa shape index (κ1) is 10.8. The van der Waals surface area contributed by atoms with Crippen LogP contribution in [0.15, 0.2) is 18.3 Å². The Morgan fingerprint density at radius 3 is 3.14 bits per heavy atom. The lowest BCUT2D eigenvalue weighted by Gasteiger charge is -2.10. The molecule has 0 amide bonds. The van der Waals surface area contributed by atoms with Crippen LogP contribution in [0.4, 0.5) is 5.69 Å². The zero-order valence-electron chi connectivity index (χ0n) is 8.49. The summed E-state index contributed by atoms with van der Waals surface area (Å²) in [5.74, 6) is 0.659. The van der Waals surface area contributed by atoms with Gasteiger partial charge in [-0.05, 0) is 32.0 Å². The molecule has 0 aliphatic carbocycles. The molecule has 3 N–H and O–H groups in total. The summed E-state index contributed by atoms with van der Waals surface area (Å²) in [6, 6.07) is 3.84. The molecule has 14 heavy (non-hydrogen) atoms. The minimum Gasteiger partial charge on any atom is -0.476 e. The molecule has 1 aromatic rings. The van der Waals surface area contributed by atoms with Gasteiger partial charge in [0.2, 0.25) is 5.88 Å². The van der Waals surface area contributed by atoms with Crippen LogP contribution in [0.3, 0.4) is 0 Å². The second-order valence-electron chi connectivity index (χ2n) is 2.86. The Morgan fingerprint density at radius 2 is 2.43 bits per heavy atom. The van der Waals surface area contributed by atoms with Crippen LogP contribution in [0.1, 0.15) is 13.3 Å². The van der Waals surface area contributed by atoms with Crippen LogP contribution in [0.2, 0.25) is 0 Å². The molecular formula is C10H17N3O. The molecule has 1 heterocycles. The lowest BCUT2D eigenvalue weighted by atomic mass is 10.3. The summed E-state index contributed by atoms with van der Waals surface area (Å²) in [5.41, 5.74) is 6.34. The molecule has 78 valence electrons. The highest BCUT2D eigenvalue weighted by atomic mass is 16.5. The third-order valence-corrected chi connectivity index (χ3v) is 1.75. The molecular weight excluding hydrogens is 178 g/mol. The zero-order valence-corrected chi connectivity index (χ0v) is 8.49. The number of aromatic nitrogens is 1. The quantitative estimate of drug-likeness (QED) is 0.670. The SMILES string of the molecule is CCOc1ncccc1NCCCN. The summed E-state index contributed by atoms with van der Waals surface area (Å²) in [6.45, 7) is 4.11. The highest BCUT2D eigenvalue weighted by Gasteiger charge is 2.01. The van der Waals surface area contributed by atoms with E-state index in [9.17, 15) is 0 Å². The smallest absolute Gasteiger partial charge is 0.237 e. The van der Waals surface area contributed by atoms with Gasteiger partial charge in [-0.25, -0.2) is 4.98 Å². The van der Waals surface area contributed by atoms with Gasteiger partial charge in [0.05, 0.1) is 12.3 Å². The van der Waals surface area contributed by atoms with Crippen molar-refractivity contribution in [3.63, 3.8) is 0 Å². The number of hydrogen-bond acceptors (Lipinski definition) is 4. The maximum Gasteiger partial charge on any atom is 0.237 e. The summed E-state index contributed by atoms with van der Waals surface area (Å²) >= 11 is 0. The number of nitrogens with one attached hydrogen (secondary N) is 1. The van der Waals surface area contributed by atoms with Gasteiger partial charge in [0.15, 0.2) is 0 Å². The molecule has 1 aromatic heterocycles. The largest absolute Gasteiger partial charge is 0.476 e. The van der Waals surface area contributed by atoms with Gasteiger partial charge in [0.25, 0.3) is 0 Å². The molecule has 0 radical (unpaired) electrons. The van der Waals surface area contributed by atoms with E-state index >= 15 is 0 Å². The summed E-state index contributed by atoms with van der Waals surface area (Å²) in [6.07, 6.45) is 2.67. The summed E-state index contributed by atoms with van der Waals surface area (Å²) in [4.78, 5) is 4.13. The average Bonchev–Trinajstić information content (AvgIpc) is 2.21. The van der Waals surface area contributed by atoms with Crippen molar-refractivity contribution in [2.45, 2.75) is 13.3 Å². The number of pyridine rings is 1. The second-order valence-corrected chi connectivity index (χ2v) is 2.86. The Balaban J connectivity index is 2.55. The van der Waals surface area contributed by atoms with Crippen LogP contribution in [0.25, 0.3) is 0 Å². The Hall–Kier alpha value is -1.29. The molecule has 4 heteroatoms. The second kappa shape index (κ2) is 6.21. The standard InChI is InChI=1S/C10H17N3O/c1-2-14-10-9(5-3-7-13-10)12-8-4-6-11/h3,5,7,12H,2,4,6,8,11H2,1H3. The van der Waals surface area contributed by atoms with Crippen molar-refractivity contribution < 1.29 is 4.74 Å². The molecule has 0 bridgehead atoms. The number of nitrogens with two attached hydrogens (primary N) is 1. The topological polar surface area (TPSA) is 60.2 Å². The minimum atomic E-state index is 0.628. The number of ether oxygens (including phenoxy) is 1. The predicted molar refractivity (Wildman–Crippen MR) is 57.6 cm³/mol.